The number of carbonyl (C=O) groups is 1. The summed E-state index contributed by atoms with van der Waals surface area (Å²) in [4.78, 5) is 12.4. The topological polar surface area (TPSA) is 71.3 Å². The Kier molecular flexibility index (Phi) is 6.41. The Balaban J connectivity index is 2.06. The Morgan fingerprint density at radius 2 is 1.92 bits per heavy atom. The highest BCUT2D eigenvalue weighted by atomic mass is 16.5. The van der Waals surface area contributed by atoms with Crippen molar-refractivity contribution < 1.29 is 14.3 Å². The number of nitriles is 1. The third-order valence-corrected chi connectivity index (χ3v) is 4.04. The number of ether oxygens (including phenoxy) is 2. The molecule has 0 aromatic heterocycles. The summed E-state index contributed by atoms with van der Waals surface area (Å²) < 4.78 is 10.5. The van der Waals surface area contributed by atoms with Crippen molar-refractivity contribution in [1.82, 2.24) is 5.32 Å². The molecule has 0 fully saturated rings. The van der Waals surface area contributed by atoms with Gasteiger partial charge >= 0.3 is 0 Å². The molecule has 5 heteroatoms. The van der Waals surface area contributed by atoms with Crippen molar-refractivity contribution in [2.45, 2.75) is 25.3 Å². The predicted octanol–water partition coefficient (Wildman–Crippen LogP) is 3.58. The van der Waals surface area contributed by atoms with Gasteiger partial charge in [0.15, 0.2) is 0 Å². The van der Waals surface area contributed by atoms with E-state index in [1.165, 1.54) is 0 Å². The molecule has 2 aromatic rings. The molecule has 0 aliphatic heterocycles. The van der Waals surface area contributed by atoms with Crippen LogP contribution >= 0.6 is 0 Å². The van der Waals surface area contributed by atoms with Crippen molar-refractivity contribution >= 4 is 5.91 Å². The molecule has 0 heterocycles. The maximum Gasteiger partial charge on any atom is 0.221 e. The van der Waals surface area contributed by atoms with Gasteiger partial charge in [-0.3, -0.25) is 4.79 Å². The van der Waals surface area contributed by atoms with E-state index < -0.39 is 6.04 Å². The number of benzene rings is 2. The lowest BCUT2D eigenvalue weighted by molar-refractivity contribution is -0.121. The largest absolute Gasteiger partial charge is 0.497 e. The molecule has 0 saturated carbocycles. The molecule has 2 rings (SSSR count). The zero-order chi connectivity index (χ0) is 18.2. The molecule has 0 saturated heterocycles. The molecule has 5 nitrogen and oxygen atoms in total. The average molecular weight is 338 g/mol. The van der Waals surface area contributed by atoms with Gasteiger partial charge in [0.1, 0.15) is 17.5 Å². The van der Waals surface area contributed by atoms with E-state index in [2.05, 4.69) is 11.4 Å². The van der Waals surface area contributed by atoms with E-state index >= 15 is 0 Å². The van der Waals surface area contributed by atoms with E-state index in [9.17, 15) is 10.1 Å². The maximum absolute atomic E-state index is 12.4. The molecule has 2 aromatic carbocycles. The Hall–Kier alpha value is -3.00. The van der Waals surface area contributed by atoms with Gasteiger partial charge in [-0.1, -0.05) is 37.3 Å². The molecule has 1 N–H and O–H groups in total. The van der Waals surface area contributed by atoms with Crippen LogP contribution in [0.3, 0.4) is 0 Å². The highest BCUT2D eigenvalue weighted by Crippen LogP contribution is 2.26. The Bertz CT molecular complexity index is 768. The van der Waals surface area contributed by atoms with E-state index in [1.807, 2.05) is 43.3 Å². The van der Waals surface area contributed by atoms with Crippen molar-refractivity contribution in [2.24, 2.45) is 0 Å². The number of nitrogens with zero attached hydrogens (tertiary/aromatic N) is 1. The van der Waals surface area contributed by atoms with E-state index in [4.69, 9.17) is 9.47 Å². The predicted molar refractivity (Wildman–Crippen MR) is 95.5 cm³/mol. The summed E-state index contributed by atoms with van der Waals surface area (Å²) in [5.74, 6) is 1.16. The van der Waals surface area contributed by atoms with Gasteiger partial charge in [0, 0.05) is 12.0 Å². The molecule has 0 aliphatic rings. The van der Waals surface area contributed by atoms with Crippen LogP contribution in [0.2, 0.25) is 0 Å². The van der Waals surface area contributed by atoms with Crippen molar-refractivity contribution in [3.63, 3.8) is 0 Å². The molecule has 0 radical (unpaired) electrons. The van der Waals surface area contributed by atoms with Gasteiger partial charge in [0.25, 0.3) is 0 Å². The summed E-state index contributed by atoms with van der Waals surface area (Å²) in [7, 11) is 3.15. The lowest BCUT2D eigenvalue weighted by Crippen LogP contribution is -2.28. The number of amides is 1. The van der Waals surface area contributed by atoms with Crippen LogP contribution in [-0.4, -0.2) is 20.1 Å². The second-order valence-electron chi connectivity index (χ2n) is 5.75. The van der Waals surface area contributed by atoms with Crippen LogP contribution in [0, 0.1) is 11.3 Å². The average Bonchev–Trinajstić information content (AvgIpc) is 2.66. The minimum Gasteiger partial charge on any atom is -0.497 e. The quantitative estimate of drug-likeness (QED) is 0.837. The summed E-state index contributed by atoms with van der Waals surface area (Å²) in [6.07, 6.45) is 0.278. The molecule has 0 aliphatic carbocycles. The smallest absolute Gasteiger partial charge is 0.221 e. The molecular weight excluding hydrogens is 316 g/mol. The van der Waals surface area contributed by atoms with Gasteiger partial charge in [-0.25, -0.2) is 0 Å². The molecule has 1 amide bonds. The Morgan fingerprint density at radius 3 is 2.60 bits per heavy atom. The monoisotopic (exact) mass is 338 g/mol. The Morgan fingerprint density at radius 1 is 1.16 bits per heavy atom. The van der Waals surface area contributed by atoms with Gasteiger partial charge in [0.2, 0.25) is 5.91 Å². The molecule has 0 bridgehead atoms. The van der Waals surface area contributed by atoms with Crippen LogP contribution in [0.5, 0.6) is 11.5 Å². The first-order valence-electron chi connectivity index (χ1n) is 8.05. The number of nitrogens with one attached hydrogen (secondary N) is 1. The summed E-state index contributed by atoms with van der Waals surface area (Å²) in [6, 6.07) is 16.2. The van der Waals surface area contributed by atoms with Crippen molar-refractivity contribution in [1.29, 1.82) is 5.26 Å². The fraction of sp³-hybridized carbons (Fsp3) is 0.300. The summed E-state index contributed by atoms with van der Waals surface area (Å²) in [5.41, 5.74) is 1.66. The molecule has 130 valence electrons. The highest BCUT2D eigenvalue weighted by Gasteiger charge is 2.19. The fourth-order valence-electron chi connectivity index (χ4n) is 2.65. The van der Waals surface area contributed by atoms with E-state index in [-0.39, 0.29) is 18.2 Å². The van der Waals surface area contributed by atoms with Crippen LogP contribution in [-0.2, 0) is 4.79 Å². The van der Waals surface area contributed by atoms with Crippen LogP contribution in [0.4, 0.5) is 0 Å². The number of carbonyl (C=O) groups excluding carboxylic acids is 1. The number of methoxy groups -OCH3 is 2. The first-order valence-corrected chi connectivity index (χ1v) is 8.05. The Labute approximate surface area is 148 Å². The van der Waals surface area contributed by atoms with Gasteiger partial charge < -0.3 is 14.8 Å². The van der Waals surface area contributed by atoms with Gasteiger partial charge in [-0.05, 0) is 29.7 Å². The van der Waals surface area contributed by atoms with E-state index in [1.54, 1.807) is 26.4 Å². The summed E-state index contributed by atoms with van der Waals surface area (Å²) in [5, 5.41) is 12.2. The lowest BCUT2D eigenvalue weighted by atomic mass is 9.97. The van der Waals surface area contributed by atoms with Gasteiger partial charge in [0.05, 0.1) is 20.3 Å². The number of hydrogen-bond acceptors (Lipinski definition) is 4. The number of rotatable bonds is 7. The summed E-state index contributed by atoms with van der Waals surface area (Å²) in [6.45, 7) is 1.97. The van der Waals surface area contributed by atoms with Crippen LogP contribution < -0.4 is 14.8 Å². The van der Waals surface area contributed by atoms with Crippen LogP contribution in [0.15, 0.2) is 48.5 Å². The number of para-hydroxylation sites is 1. The van der Waals surface area contributed by atoms with Gasteiger partial charge in [-0.2, -0.15) is 5.26 Å². The standard InChI is InChI=1S/C20H22N2O3/c1-14(15-7-6-8-16(12-15)24-2)11-20(23)22-18(13-21)17-9-4-5-10-19(17)25-3/h4-10,12,14,18H,11H2,1-3H3,(H,22,23). The van der Waals surface area contributed by atoms with E-state index in [0.717, 1.165) is 11.3 Å². The van der Waals surface area contributed by atoms with Crippen molar-refractivity contribution in [3.05, 3.63) is 59.7 Å². The third kappa shape index (κ3) is 4.74. The molecule has 25 heavy (non-hydrogen) atoms. The van der Waals surface area contributed by atoms with Crippen molar-refractivity contribution in [3.8, 4) is 17.6 Å². The zero-order valence-corrected chi connectivity index (χ0v) is 14.7. The second kappa shape index (κ2) is 8.74. The van der Waals surface area contributed by atoms with E-state index in [0.29, 0.717) is 11.3 Å². The minimum absolute atomic E-state index is 0.00658. The fourth-order valence-corrected chi connectivity index (χ4v) is 2.65. The third-order valence-electron chi connectivity index (χ3n) is 4.04. The first-order chi connectivity index (χ1) is 12.1. The van der Waals surface area contributed by atoms with Gasteiger partial charge in [-0.15, -0.1) is 0 Å². The minimum atomic E-state index is -0.749. The second-order valence-corrected chi connectivity index (χ2v) is 5.75. The van der Waals surface area contributed by atoms with Crippen LogP contribution in [0.25, 0.3) is 0 Å². The number of hydrogen-bond donors (Lipinski definition) is 1. The normalized spacial score (nSPS) is 12.6. The summed E-state index contributed by atoms with van der Waals surface area (Å²) >= 11 is 0. The lowest BCUT2D eigenvalue weighted by Gasteiger charge is -2.17. The molecule has 2 atom stereocenters. The zero-order valence-electron chi connectivity index (χ0n) is 14.7. The molecule has 2 unspecified atom stereocenters. The highest BCUT2D eigenvalue weighted by molar-refractivity contribution is 5.78. The van der Waals surface area contributed by atoms with Crippen LogP contribution in [0.1, 0.15) is 36.4 Å². The SMILES string of the molecule is COc1cccc(C(C)CC(=O)NC(C#N)c2ccccc2OC)c1. The maximum atomic E-state index is 12.4. The first kappa shape index (κ1) is 18.3. The molecular formula is C20H22N2O3. The molecule has 0 spiro atoms. The van der Waals surface area contributed by atoms with Crippen molar-refractivity contribution in [2.75, 3.05) is 14.2 Å².